The average molecular weight is 175 g/mol. The van der Waals surface area contributed by atoms with Gasteiger partial charge in [0.05, 0.1) is 12.2 Å². The van der Waals surface area contributed by atoms with Crippen molar-refractivity contribution >= 4 is 23.5 Å². The van der Waals surface area contributed by atoms with E-state index in [0.717, 1.165) is 0 Å². The predicted octanol–water partition coefficient (Wildman–Crippen LogP) is 0.573. The number of Topliss-reactive ketones (excluding diaryl/α,β-unsaturated/α-hetero) is 1. The summed E-state index contributed by atoms with van der Waals surface area (Å²) >= 11 is 1.52. The number of hydrogen-bond acceptors (Lipinski definition) is 3. The third-order valence-electron chi connectivity index (χ3n) is 0.949. The van der Waals surface area contributed by atoms with Crippen LogP contribution in [0.3, 0.4) is 0 Å². The number of thioether (sulfide) groups is 1. The molecule has 0 unspecified atom stereocenters. The maximum absolute atomic E-state index is 10.8. The van der Waals surface area contributed by atoms with Gasteiger partial charge < -0.3 is 5.73 Å². The lowest BCUT2D eigenvalue weighted by Crippen LogP contribution is -2.17. The van der Waals surface area contributed by atoms with Crippen LogP contribution in [0.15, 0.2) is 0 Å². The Hall–Kier alpha value is -0.510. The molecule has 0 heterocycles. The van der Waals surface area contributed by atoms with Gasteiger partial charge in [-0.2, -0.15) is 11.8 Å². The molecular weight excluding hydrogens is 162 g/mol. The van der Waals surface area contributed by atoms with E-state index in [1.165, 1.54) is 11.8 Å². The van der Waals surface area contributed by atoms with Crippen LogP contribution in [-0.4, -0.2) is 22.7 Å². The number of nitrogens with two attached hydrogens (primary N) is 1. The molecule has 0 aliphatic rings. The summed E-state index contributed by atoms with van der Waals surface area (Å²) in [5.41, 5.74) is 4.83. The Morgan fingerprint density at radius 3 is 2.36 bits per heavy atom. The first-order chi connectivity index (χ1) is 5.02. The third-order valence-corrected chi connectivity index (χ3v) is 2.10. The van der Waals surface area contributed by atoms with E-state index in [9.17, 15) is 9.59 Å². The number of ketones is 1. The molecule has 2 N–H and O–H groups in total. The van der Waals surface area contributed by atoms with E-state index in [0.29, 0.717) is 11.0 Å². The van der Waals surface area contributed by atoms with E-state index in [4.69, 9.17) is 5.73 Å². The van der Waals surface area contributed by atoms with E-state index in [2.05, 4.69) is 0 Å². The van der Waals surface area contributed by atoms with Crippen LogP contribution < -0.4 is 5.73 Å². The molecule has 1 amide bonds. The molecule has 0 spiro atoms. The summed E-state index contributed by atoms with van der Waals surface area (Å²) in [4.78, 5) is 21.1. The monoisotopic (exact) mass is 175 g/mol. The minimum atomic E-state index is -0.542. The first-order valence-electron chi connectivity index (χ1n) is 3.44. The number of carbonyl (C=O) groups excluding carboxylic acids is 2. The standard InChI is InChI=1S/C7H13NO2S/c1-5(2)11-4-6(9)3-7(8)10/h5H,3-4H2,1-2H3,(H2,8,10). The second kappa shape index (κ2) is 5.18. The highest BCUT2D eigenvalue weighted by molar-refractivity contribution is 8.00. The zero-order valence-corrected chi connectivity index (χ0v) is 7.61. The van der Waals surface area contributed by atoms with Crippen LogP contribution in [0.1, 0.15) is 20.3 Å². The van der Waals surface area contributed by atoms with Gasteiger partial charge in [0.1, 0.15) is 0 Å². The number of hydrogen-bond donors (Lipinski definition) is 1. The molecule has 0 aromatic heterocycles. The molecule has 0 saturated carbocycles. The molecule has 4 heteroatoms. The van der Waals surface area contributed by atoms with Crippen molar-refractivity contribution in [3.05, 3.63) is 0 Å². The molecule has 64 valence electrons. The van der Waals surface area contributed by atoms with Gasteiger partial charge in [-0.25, -0.2) is 0 Å². The van der Waals surface area contributed by atoms with Crippen molar-refractivity contribution in [1.29, 1.82) is 0 Å². The van der Waals surface area contributed by atoms with Gasteiger partial charge in [-0.1, -0.05) is 13.8 Å². The summed E-state index contributed by atoms with van der Waals surface area (Å²) in [6.45, 7) is 4.00. The molecule has 0 bridgehead atoms. The predicted molar refractivity (Wildman–Crippen MR) is 46.4 cm³/mol. The fourth-order valence-corrected chi connectivity index (χ4v) is 1.13. The van der Waals surface area contributed by atoms with Gasteiger partial charge in [-0.3, -0.25) is 9.59 Å². The lowest BCUT2D eigenvalue weighted by molar-refractivity contribution is -0.125. The molecule has 0 rings (SSSR count). The van der Waals surface area contributed by atoms with Crippen LogP contribution in [0.2, 0.25) is 0 Å². The molecule has 0 atom stereocenters. The van der Waals surface area contributed by atoms with Gasteiger partial charge >= 0.3 is 0 Å². The summed E-state index contributed by atoms with van der Waals surface area (Å²) in [5, 5.41) is 0.423. The van der Waals surface area contributed by atoms with Crippen molar-refractivity contribution in [2.45, 2.75) is 25.5 Å². The van der Waals surface area contributed by atoms with Gasteiger partial charge in [0.25, 0.3) is 0 Å². The van der Waals surface area contributed by atoms with Gasteiger partial charge in [-0.15, -0.1) is 0 Å². The fraction of sp³-hybridized carbons (Fsp3) is 0.714. The molecule has 0 aliphatic heterocycles. The van der Waals surface area contributed by atoms with Crippen molar-refractivity contribution in [1.82, 2.24) is 0 Å². The molecule has 0 aliphatic carbocycles. The Labute approximate surface area is 70.7 Å². The molecule has 3 nitrogen and oxygen atoms in total. The van der Waals surface area contributed by atoms with Crippen molar-refractivity contribution in [3.63, 3.8) is 0 Å². The van der Waals surface area contributed by atoms with E-state index >= 15 is 0 Å². The summed E-state index contributed by atoms with van der Waals surface area (Å²) in [5.74, 6) is -0.240. The van der Waals surface area contributed by atoms with Crippen molar-refractivity contribution in [2.24, 2.45) is 5.73 Å². The third kappa shape index (κ3) is 7.39. The van der Waals surface area contributed by atoms with E-state index in [-0.39, 0.29) is 12.2 Å². The van der Waals surface area contributed by atoms with Crippen LogP contribution in [0, 0.1) is 0 Å². The van der Waals surface area contributed by atoms with Crippen molar-refractivity contribution in [3.8, 4) is 0 Å². The maximum atomic E-state index is 10.8. The highest BCUT2D eigenvalue weighted by Gasteiger charge is 2.06. The van der Waals surface area contributed by atoms with Crippen LogP contribution in [0.25, 0.3) is 0 Å². The van der Waals surface area contributed by atoms with Crippen molar-refractivity contribution in [2.75, 3.05) is 5.75 Å². The number of carbonyl (C=O) groups is 2. The highest BCUT2D eigenvalue weighted by Crippen LogP contribution is 2.09. The number of primary amides is 1. The molecular formula is C7H13NO2S. The first kappa shape index (κ1) is 10.5. The second-order valence-electron chi connectivity index (χ2n) is 2.54. The van der Waals surface area contributed by atoms with Crippen molar-refractivity contribution < 1.29 is 9.59 Å². The van der Waals surface area contributed by atoms with E-state index in [1.807, 2.05) is 13.8 Å². The van der Waals surface area contributed by atoms with Gasteiger partial charge in [0, 0.05) is 0 Å². The first-order valence-corrected chi connectivity index (χ1v) is 4.49. The summed E-state index contributed by atoms with van der Waals surface area (Å²) in [7, 11) is 0. The molecule has 0 fully saturated rings. The second-order valence-corrected chi connectivity index (χ2v) is 4.11. The topological polar surface area (TPSA) is 60.2 Å². The highest BCUT2D eigenvalue weighted by atomic mass is 32.2. The minimum absolute atomic E-state index is 0.0869. The smallest absolute Gasteiger partial charge is 0.224 e. The SMILES string of the molecule is CC(C)SCC(=O)CC(N)=O. The lowest BCUT2D eigenvalue weighted by atomic mass is 10.3. The van der Waals surface area contributed by atoms with E-state index in [1.54, 1.807) is 0 Å². The number of amides is 1. The largest absolute Gasteiger partial charge is 0.369 e. The molecule has 11 heavy (non-hydrogen) atoms. The van der Waals surface area contributed by atoms with Crippen LogP contribution in [-0.2, 0) is 9.59 Å². The summed E-state index contributed by atoms with van der Waals surface area (Å²) in [6.07, 6.45) is -0.125. The Morgan fingerprint density at radius 2 is 2.00 bits per heavy atom. The van der Waals surface area contributed by atoms with Gasteiger partial charge in [0.2, 0.25) is 5.91 Å². The van der Waals surface area contributed by atoms with Gasteiger partial charge in [-0.05, 0) is 5.25 Å². The normalized spacial score (nSPS) is 10.1. The molecule has 0 saturated heterocycles. The zero-order chi connectivity index (χ0) is 8.85. The molecule has 0 aromatic rings. The summed E-state index contributed by atoms with van der Waals surface area (Å²) < 4.78 is 0. The van der Waals surface area contributed by atoms with Crippen LogP contribution in [0.5, 0.6) is 0 Å². The molecule has 0 radical (unpaired) electrons. The quantitative estimate of drug-likeness (QED) is 0.621. The van der Waals surface area contributed by atoms with Crippen LogP contribution >= 0.6 is 11.8 Å². The lowest BCUT2D eigenvalue weighted by Gasteiger charge is -2.01. The zero-order valence-electron chi connectivity index (χ0n) is 6.79. The fourth-order valence-electron chi connectivity index (χ4n) is 0.505. The average Bonchev–Trinajstić information content (AvgIpc) is 1.82. The number of rotatable bonds is 5. The maximum Gasteiger partial charge on any atom is 0.224 e. The minimum Gasteiger partial charge on any atom is -0.369 e. The molecule has 0 aromatic carbocycles. The Morgan fingerprint density at radius 1 is 1.45 bits per heavy atom. The van der Waals surface area contributed by atoms with Crippen LogP contribution in [0.4, 0.5) is 0 Å². The van der Waals surface area contributed by atoms with Gasteiger partial charge in [0.15, 0.2) is 5.78 Å². The van der Waals surface area contributed by atoms with E-state index < -0.39 is 5.91 Å². The Kier molecular flexibility index (Phi) is 4.94. The Bertz CT molecular complexity index is 157. The summed E-state index contributed by atoms with van der Waals surface area (Å²) in [6, 6.07) is 0. The Balaban J connectivity index is 3.46.